The summed E-state index contributed by atoms with van der Waals surface area (Å²) in [4.78, 5) is 21.9. The van der Waals surface area contributed by atoms with Crippen LogP contribution in [0.15, 0.2) is 41.6 Å². The van der Waals surface area contributed by atoms with E-state index in [1.807, 2.05) is 6.92 Å². The van der Waals surface area contributed by atoms with Crippen molar-refractivity contribution in [1.29, 1.82) is 0 Å². The first-order chi connectivity index (χ1) is 11.3. The Bertz CT molecular complexity index is 819. The highest BCUT2D eigenvalue weighted by Crippen LogP contribution is 2.13. The molecular formula is C16H20N4O3S. The largest absolute Gasteiger partial charge is 0.342 e. The third kappa shape index (κ3) is 4.36. The van der Waals surface area contributed by atoms with Crippen molar-refractivity contribution in [2.24, 2.45) is 0 Å². The van der Waals surface area contributed by atoms with Gasteiger partial charge in [0, 0.05) is 25.4 Å². The Hall–Kier alpha value is -2.32. The topological polar surface area (TPSA) is 92.3 Å². The van der Waals surface area contributed by atoms with E-state index in [1.165, 1.54) is 23.2 Å². The summed E-state index contributed by atoms with van der Waals surface area (Å²) in [6, 6.07) is 5.97. The van der Waals surface area contributed by atoms with E-state index in [0.29, 0.717) is 17.8 Å². The van der Waals surface area contributed by atoms with E-state index in [-0.39, 0.29) is 17.3 Å². The maximum absolute atomic E-state index is 12.4. The predicted octanol–water partition coefficient (Wildman–Crippen LogP) is 1.36. The third-order valence-electron chi connectivity index (χ3n) is 3.49. The first-order valence-electron chi connectivity index (χ1n) is 7.46. The van der Waals surface area contributed by atoms with E-state index in [2.05, 4.69) is 14.7 Å². The van der Waals surface area contributed by atoms with Gasteiger partial charge in [0.05, 0.1) is 29.0 Å². The van der Waals surface area contributed by atoms with Crippen LogP contribution < -0.4 is 4.72 Å². The van der Waals surface area contributed by atoms with Crippen LogP contribution in [0.5, 0.6) is 0 Å². The van der Waals surface area contributed by atoms with E-state index < -0.39 is 10.0 Å². The third-order valence-corrected chi connectivity index (χ3v) is 4.89. The highest BCUT2D eigenvalue weighted by Gasteiger charge is 2.17. The number of hydrogen-bond acceptors (Lipinski definition) is 5. The van der Waals surface area contributed by atoms with Crippen LogP contribution in [-0.4, -0.2) is 42.8 Å². The molecule has 1 heterocycles. The molecule has 7 nitrogen and oxygen atoms in total. The zero-order chi connectivity index (χ0) is 17.7. The summed E-state index contributed by atoms with van der Waals surface area (Å²) >= 11 is 0. The lowest BCUT2D eigenvalue weighted by Crippen LogP contribution is -2.27. The van der Waals surface area contributed by atoms with Gasteiger partial charge in [0.15, 0.2) is 0 Å². The minimum Gasteiger partial charge on any atom is -0.342 e. The Morgan fingerprint density at radius 3 is 2.62 bits per heavy atom. The molecule has 24 heavy (non-hydrogen) atoms. The number of benzene rings is 1. The summed E-state index contributed by atoms with van der Waals surface area (Å²) in [7, 11) is -2.08. The molecule has 2 aromatic rings. The number of amides is 1. The second kappa shape index (κ2) is 7.50. The van der Waals surface area contributed by atoms with Gasteiger partial charge in [-0.05, 0) is 32.0 Å². The molecular weight excluding hydrogens is 328 g/mol. The molecule has 0 saturated heterocycles. The molecule has 0 spiro atoms. The van der Waals surface area contributed by atoms with Crippen LogP contribution in [0.2, 0.25) is 0 Å². The minimum atomic E-state index is -3.75. The molecule has 1 aromatic carbocycles. The van der Waals surface area contributed by atoms with Crippen molar-refractivity contribution in [3.8, 4) is 0 Å². The molecule has 8 heteroatoms. The molecule has 0 aliphatic heterocycles. The fourth-order valence-electron chi connectivity index (χ4n) is 1.92. The standard InChI is InChI=1S/C16H20N4O3S/c1-4-20(3)16(21)13-6-5-7-15(8-13)24(22,23)19-11-14-10-17-12(2)9-18-14/h5-10,19H,4,11H2,1-3H3. The number of carbonyl (C=O) groups is 1. The summed E-state index contributed by atoms with van der Waals surface area (Å²) in [5.41, 5.74) is 1.60. The van der Waals surface area contributed by atoms with Crippen molar-refractivity contribution >= 4 is 15.9 Å². The van der Waals surface area contributed by atoms with Crippen LogP contribution in [0, 0.1) is 6.92 Å². The minimum absolute atomic E-state index is 0.0304. The Balaban J connectivity index is 2.17. The van der Waals surface area contributed by atoms with E-state index in [9.17, 15) is 13.2 Å². The van der Waals surface area contributed by atoms with Gasteiger partial charge in [-0.15, -0.1) is 0 Å². The summed E-state index contributed by atoms with van der Waals surface area (Å²) in [5.74, 6) is -0.223. The average Bonchev–Trinajstić information content (AvgIpc) is 2.60. The number of nitrogens with zero attached hydrogens (tertiary/aromatic N) is 3. The number of sulfonamides is 1. The van der Waals surface area contributed by atoms with Crippen molar-refractivity contribution in [1.82, 2.24) is 19.6 Å². The van der Waals surface area contributed by atoms with Gasteiger partial charge in [-0.2, -0.15) is 0 Å². The zero-order valence-electron chi connectivity index (χ0n) is 13.9. The Labute approximate surface area is 141 Å². The molecule has 1 N–H and O–H groups in total. The number of hydrogen-bond donors (Lipinski definition) is 1. The number of aryl methyl sites for hydroxylation is 1. The smallest absolute Gasteiger partial charge is 0.253 e. The lowest BCUT2D eigenvalue weighted by Gasteiger charge is -2.15. The number of nitrogens with one attached hydrogen (secondary N) is 1. The van der Waals surface area contributed by atoms with Gasteiger partial charge in [0.1, 0.15) is 0 Å². The van der Waals surface area contributed by atoms with Gasteiger partial charge in [0.25, 0.3) is 5.91 Å². The van der Waals surface area contributed by atoms with Gasteiger partial charge in [-0.3, -0.25) is 14.8 Å². The molecule has 0 bridgehead atoms. The van der Waals surface area contributed by atoms with Crippen molar-refractivity contribution in [3.63, 3.8) is 0 Å². The van der Waals surface area contributed by atoms with Crippen LogP contribution in [0.25, 0.3) is 0 Å². The molecule has 0 saturated carbocycles. The van der Waals surface area contributed by atoms with Crippen LogP contribution in [0.3, 0.4) is 0 Å². The monoisotopic (exact) mass is 348 g/mol. The lowest BCUT2D eigenvalue weighted by atomic mass is 10.2. The van der Waals surface area contributed by atoms with Crippen molar-refractivity contribution in [3.05, 3.63) is 53.6 Å². The zero-order valence-corrected chi connectivity index (χ0v) is 14.7. The molecule has 0 radical (unpaired) electrons. The highest BCUT2D eigenvalue weighted by molar-refractivity contribution is 7.89. The molecule has 0 aliphatic carbocycles. The lowest BCUT2D eigenvalue weighted by molar-refractivity contribution is 0.0802. The van der Waals surface area contributed by atoms with Crippen molar-refractivity contribution < 1.29 is 13.2 Å². The summed E-state index contributed by atoms with van der Waals surface area (Å²) in [6.45, 7) is 4.22. The predicted molar refractivity (Wildman–Crippen MR) is 89.9 cm³/mol. The second-order valence-electron chi connectivity index (χ2n) is 5.32. The maximum atomic E-state index is 12.4. The van der Waals surface area contributed by atoms with Crippen LogP contribution in [-0.2, 0) is 16.6 Å². The average molecular weight is 348 g/mol. The molecule has 0 atom stereocenters. The van der Waals surface area contributed by atoms with Gasteiger partial charge in [-0.25, -0.2) is 13.1 Å². The Kier molecular flexibility index (Phi) is 5.63. The molecule has 0 aliphatic rings. The molecule has 2 rings (SSSR count). The van der Waals surface area contributed by atoms with Crippen molar-refractivity contribution in [2.45, 2.75) is 25.3 Å². The van der Waals surface area contributed by atoms with Gasteiger partial charge in [0.2, 0.25) is 10.0 Å². The van der Waals surface area contributed by atoms with Gasteiger partial charge >= 0.3 is 0 Å². The normalized spacial score (nSPS) is 11.3. The van der Waals surface area contributed by atoms with Crippen LogP contribution >= 0.6 is 0 Å². The van der Waals surface area contributed by atoms with E-state index in [1.54, 1.807) is 32.3 Å². The fourth-order valence-corrected chi connectivity index (χ4v) is 2.97. The summed E-state index contributed by atoms with van der Waals surface area (Å²) in [5, 5.41) is 0. The molecule has 0 fully saturated rings. The van der Waals surface area contributed by atoms with Gasteiger partial charge < -0.3 is 4.90 Å². The molecule has 1 aromatic heterocycles. The Morgan fingerprint density at radius 2 is 2.00 bits per heavy atom. The van der Waals surface area contributed by atoms with Crippen LogP contribution in [0.4, 0.5) is 0 Å². The quantitative estimate of drug-likeness (QED) is 0.851. The first kappa shape index (κ1) is 18.0. The van der Waals surface area contributed by atoms with E-state index in [0.717, 1.165) is 5.69 Å². The number of rotatable bonds is 6. The second-order valence-corrected chi connectivity index (χ2v) is 7.09. The molecule has 0 unspecified atom stereocenters. The fraction of sp³-hybridized carbons (Fsp3) is 0.312. The first-order valence-corrected chi connectivity index (χ1v) is 8.94. The highest BCUT2D eigenvalue weighted by atomic mass is 32.2. The Morgan fingerprint density at radius 1 is 1.25 bits per heavy atom. The van der Waals surface area contributed by atoms with Crippen molar-refractivity contribution in [2.75, 3.05) is 13.6 Å². The van der Waals surface area contributed by atoms with E-state index in [4.69, 9.17) is 0 Å². The summed E-state index contributed by atoms with van der Waals surface area (Å²) < 4.78 is 27.3. The molecule has 128 valence electrons. The number of aromatic nitrogens is 2. The SMILES string of the molecule is CCN(C)C(=O)c1cccc(S(=O)(=O)NCc2cnc(C)cn2)c1. The van der Waals surface area contributed by atoms with Crippen LogP contribution in [0.1, 0.15) is 28.7 Å². The summed E-state index contributed by atoms with van der Waals surface area (Å²) in [6.07, 6.45) is 3.09. The van der Waals surface area contributed by atoms with Gasteiger partial charge in [-0.1, -0.05) is 6.07 Å². The molecule has 1 amide bonds. The number of carbonyl (C=O) groups excluding carboxylic acids is 1. The maximum Gasteiger partial charge on any atom is 0.253 e. The van der Waals surface area contributed by atoms with E-state index >= 15 is 0 Å².